The molecule has 110 valence electrons. The fourth-order valence-electron chi connectivity index (χ4n) is 2.34. The molecule has 3 rings (SSSR count). The number of hydrogen-bond acceptors (Lipinski definition) is 2. The van der Waals surface area contributed by atoms with Crippen LogP contribution in [0.5, 0.6) is 5.75 Å². The molecule has 0 amide bonds. The van der Waals surface area contributed by atoms with Gasteiger partial charge in [-0.3, -0.25) is 0 Å². The van der Waals surface area contributed by atoms with Crippen LogP contribution in [0.1, 0.15) is 11.7 Å². The van der Waals surface area contributed by atoms with E-state index in [-0.39, 0.29) is 11.9 Å². The molecule has 1 saturated heterocycles. The largest absolute Gasteiger partial charge is 0.485 e. The van der Waals surface area contributed by atoms with Gasteiger partial charge in [0.15, 0.2) is 0 Å². The van der Waals surface area contributed by atoms with Crippen molar-refractivity contribution in [1.29, 1.82) is 0 Å². The first-order valence-corrected chi connectivity index (χ1v) is 7.47. The Bertz CT molecular complexity index is 646. The van der Waals surface area contributed by atoms with E-state index in [9.17, 15) is 4.39 Å². The molecule has 0 bridgehead atoms. The van der Waals surface area contributed by atoms with Crippen LogP contribution < -0.4 is 10.1 Å². The fraction of sp³-hybridized carbons (Fsp3) is 0.250. The molecular weight excluding hydrogens is 312 g/mol. The highest BCUT2D eigenvalue weighted by Crippen LogP contribution is 2.34. The Morgan fingerprint density at radius 2 is 1.90 bits per heavy atom. The molecule has 0 aliphatic carbocycles. The Hall–Kier alpha value is -1.29. The van der Waals surface area contributed by atoms with Crippen LogP contribution in [0.3, 0.4) is 0 Å². The first-order chi connectivity index (χ1) is 10.1. The molecule has 2 aromatic rings. The van der Waals surface area contributed by atoms with E-state index in [1.807, 2.05) is 12.1 Å². The maximum absolute atomic E-state index is 13.3. The van der Waals surface area contributed by atoms with Gasteiger partial charge in [0.2, 0.25) is 0 Å². The summed E-state index contributed by atoms with van der Waals surface area (Å²) in [5.41, 5.74) is 0.945. The second-order valence-electron chi connectivity index (χ2n) is 5.09. The molecule has 2 nitrogen and oxygen atoms in total. The molecule has 0 unspecified atom stereocenters. The van der Waals surface area contributed by atoms with Crippen LogP contribution >= 0.6 is 23.2 Å². The third kappa shape index (κ3) is 3.31. The first-order valence-electron chi connectivity index (χ1n) is 6.71. The van der Waals surface area contributed by atoms with Gasteiger partial charge < -0.3 is 10.1 Å². The minimum absolute atomic E-state index is 0.178. The number of nitrogens with one attached hydrogen (secondary N) is 1. The van der Waals surface area contributed by atoms with Crippen LogP contribution in [0.2, 0.25) is 10.0 Å². The molecule has 1 N–H and O–H groups in total. The van der Waals surface area contributed by atoms with Crippen molar-refractivity contribution in [1.82, 2.24) is 5.32 Å². The molecule has 0 aromatic heterocycles. The van der Waals surface area contributed by atoms with Gasteiger partial charge in [-0.1, -0.05) is 35.3 Å². The van der Waals surface area contributed by atoms with Crippen molar-refractivity contribution in [3.05, 3.63) is 63.9 Å². The molecule has 0 spiro atoms. The van der Waals surface area contributed by atoms with Crippen molar-refractivity contribution in [2.45, 2.75) is 6.10 Å². The van der Waals surface area contributed by atoms with Gasteiger partial charge in [0.25, 0.3) is 0 Å². The van der Waals surface area contributed by atoms with E-state index in [1.54, 1.807) is 18.2 Å². The number of rotatable bonds is 4. The molecule has 1 atom stereocenters. The predicted octanol–water partition coefficient (Wildman–Crippen LogP) is 4.47. The zero-order valence-corrected chi connectivity index (χ0v) is 12.7. The zero-order valence-electron chi connectivity index (χ0n) is 11.2. The lowest BCUT2D eigenvalue weighted by Gasteiger charge is -2.35. The summed E-state index contributed by atoms with van der Waals surface area (Å²) >= 11 is 12.0. The molecule has 2 aromatic carbocycles. The van der Waals surface area contributed by atoms with Gasteiger partial charge in [-0.25, -0.2) is 4.39 Å². The lowest BCUT2D eigenvalue weighted by atomic mass is 9.91. The summed E-state index contributed by atoms with van der Waals surface area (Å²) in [6.07, 6.45) is -0.178. The van der Waals surface area contributed by atoms with Crippen molar-refractivity contribution < 1.29 is 9.13 Å². The molecule has 0 saturated carbocycles. The summed E-state index contributed by atoms with van der Waals surface area (Å²) in [5.74, 6) is 0.524. The lowest BCUT2D eigenvalue weighted by molar-refractivity contribution is 0.0990. The summed E-state index contributed by atoms with van der Waals surface area (Å²) < 4.78 is 19.3. The standard InChI is InChI=1S/C16H14Cl2FNO/c17-14-5-4-10(6-15(14)18)16(11-8-20-9-11)21-13-3-1-2-12(19)7-13/h1-7,11,16,20H,8-9H2/t16-/m1/s1. The minimum Gasteiger partial charge on any atom is -0.485 e. The predicted molar refractivity (Wildman–Crippen MR) is 82.6 cm³/mol. The number of benzene rings is 2. The molecule has 1 aliphatic rings. The summed E-state index contributed by atoms with van der Waals surface area (Å²) in [6, 6.07) is 11.6. The zero-order chi connectivity index (χ0) is 14.8. The molecule has 1 fully saturated rings. The Labute approximate surface area is 132 Å². The van der Waals surface area contributed by atoms with Crippen molar-refractivity contribution in [2.24, 2.45) is 5.92 Å². The Kier molecular flexibility index (Phi) is 4.34. The minimum atomic E-state index is -0.313. The van der Waals surface area contributed by atoms with Gasteiger partial charge in [0.1, 0.15) is 17.7 Å². The van der Waals surface area contributed by atoms with Crippen LogP contribution in [0, 0.1) is 11.7 Å². The maximum atomic E-state index is 13.3. The van der Waals surface area contributed by atoms with Crippen LogP contribution in [0.4, 0.5) is 4.39 Å². The fourth-order valence-corrected chi connectivity index (χ4v) is 2.64. The lowest BCUT2D eigenvalue weighted by Crippen LogP contribution is -2.46. The van der Waals surface area contributed by atoms with Crippen molar-refractivity contribution in [3.63, 3.8) is 0 Å². The Morgan fingerprint density at radius 3 is 2.52 bits per heavy atom. The molecule has 21 heavy (non-hydrogen) atoms. The van der Waals surface area contributed by atoms with Crippen LogP contribution in [0.25, 0.3) is 0 Å². The van der Waals surface area contributed by atoms with Gasteiger partial charge in [0.05, 0.1) is 10.0 Å². The van der Waals surface area contributed by atoms with E-state index in [0.29, 0.717) is 21.7 Å². The highest BCUT2D eigenvalue weighted by molar-refractivity contribution is 6.42. The van der Waals surface area contributed by atoms with Crippen molar-refractivity contribution in [2.75, 3.05) is 13.1 Å². The van der Waals surface area contributed by atoms with Crippen LogP contribution in [-0.2, 0) is 0 Å². The summed E-state index contributed by atoms with van der Waals surface area (Å²) in [4.78, 5) is 0. The highest BCUT2D eigenvalue weighted by atomic mass is 35.5. The number of halogens is 3. The summed E-state index contributed by atoms with van der Waals surface area (Å²) in [6.45, 7) is 1.72. The summed E-state index contributed by atoms with van der Waals surface area (Å²) in [5, 5.41) is 4.23. The van der Waals surface area contributed by atoms with E-state index in [0.717, 1.165) is 18.7 Å². The third-order valence-corrected chi connectivity index (χ3v) is 4.31. The van der Waals surface area contributed by atoms with Crippen LogP contribution in [-0.4, -0.2) is 13.1 Å². The van der Waals surface area contributed by atoms with Crippen molar-refractivity contribution in [3.8, 4) is 5.75 Å². The second-order valence-corrected chi connectivity index (χ2v) is 5.90. The third-order valence-electron chi connectivity index (χ3n) is 3.57. The second kappa shape index (κ2) is 6.22. The van der Waals surface area contributed by atoms with E-state index in [4.69, 9.17) is 27.9 Å². The molecule has 1 aliphatic heterocycles. The Morgan fingerprint density at radius 1 is 1.10 bits per heavy atom. The van der Waals surface area contributed by atoms with Gasteiger partial charge in [-0.05, 0) is 29.8 Å². The number of ether oxygens (including phenoxy) is 1. The first kappa shape index (κ1) is 14.6. The van der Waals surface area contributed by atoms with Crippen molar-refractivity contribution >= 4 is 23.2 Å². The van der Waals surface area contributed by atoms with Gasteiger partial charge in [-0.2, -0.15) is 0 Å². The average molecular weight is 326 g/mol. The van der Waals surface area contributed by atoms with Gasteiger partial charge in [-0.15, -0.1) is 0 Å². The quantitative estimate of drug-likeness (QED) is 0.895. The highest BCUT2D eigenvalue weighted by Gasteiger charge is 2.30. The Balaban J connectivity index is 1.88. The smallest absolute Gasteiger partial charge is 0.129 e. The van der Waals surface area contributed by atoms with Gasteiger partial charge in [0, 0.05) is 25.1 Å². The average Bonchev–Trinajstić information content (AvgIpc) is 2.39. The van der Waals surface area contributed by atoms with E-state index < -0.39 is 0 Å². The summed E-state index contributed by atoms with van der Waals surface area (Å²) in [7, 11) is 0. The normalized spacial score (nSPS) is 16.3. The topological polar surface area (TPSA) is 21.3 Å². The van der Waals surface area contributed by atoms with Crippen LogP contribution in [0.15, 0.2) is 42.5 Å². The maximum Gasteiger partial charge on any atom is 0.129 e. The SMILES string of the molecule is Fc1cccc(O[C@H](c2ccc(Cl)c(Cl)c2)C2CNC2)c1. The van der Waals surface area contributed by atoms with E-state index >= 15 is 0 Å². The molecule has 1 heterocycles. The monoisotopic (exact) mass is 325 g/mol. The molecule has 0 radical (unpaired) electrons. The van der Waals surface area contributed by atoms with Gasteiger partial charge >= 0.3 is 0 Å². The number of hydrogen-bond donors (Lipinski definition) is 1. The van der Waals surface area contributed by atoms with E-state index in [2.05, 4.69) is 5.32 Å². The molecular formula is C16H14Cl2FNO. The molecule has 5 heteroatoms. The van der Waals surface area contributed by atoms with E-state index in [1.165, 1.54) is 12.1 Å².